The van der Waals surface area contributed by atoms with E-state index in [4.69, 9.17) is 5.11 Å². The molecule has 0 bridgehead atoms. The third-order valence-electron chi connectivity index (χ3n) is 3.17. The quantitative estimate of drug-likeness (QED) is 0.855. The summed E-state index contributed by atoms with van der Waals surface area (Å²) >= 11 is 0. The molecular weight excluding hydrogens is 286 g/mol. The highest BCUT2D eigenvalue weighted by Crippen LogP contribution is 2.06. The molecule has 0 radical (unpaired) electrons. The van der Waals surface area contributed by atoms with Gasteiger partial charge in [0.1, 0.15) is 17.3 Å². The molecule has 2 N–H and O–H groups in total. The molecule has 7 nitrogen and oxygen atoms in total. The van der Waals surface area contributed by atoms with Crippen LogP contribution < -0.4 is 10.9 Å². The standard InChI is InChI=1S/C15H17N3O4/c1-9(2)7-11(15(21)22)17-13(19)10-8-16-12-5-3-4-6-18(12)14(10)20/h3-6,8-9,11H,7H2,1-2H3,(H,17,19)(H,21,22)/t11-/m0/s1. The molecule has 1 amide bonds. The zero-order valence-corrected chi connectivity index (χ0v) is 12.3. The van der Waals surface area contributed by atoms with Crippen LogP contribution in [0.2, 0.25) is 0 Å². The zero-order chi connectivity index (χ0) is 16.3. The molecule has 0 unspecified atom stereocenters. The summed E-state index contributed by atoms with van der Waals surface area (Å²) in [6, 6.07) is 3.98. The first-order valence-corrected chi connectivity index (χ1v) is 6.90. The largest absolute Gasteiger partial charge is 0.480 e. The van der Waals surface area contributed by atoms with Crippen molar-refractivity contribution in [2.45, 2.75) is 26.3 Å². The van der Waals surface area contributed by atoms with Crippen LogP contribution in [0, 0.1) is 5.92 Å². The van der Waals surface area contributed by atoms with E-state index < -0.39 is 23.5 Å². The van der Waals surface area contributed by atoms with E-state index in [-0.39, 0.29) is 17.9 Å². The van der Waals surface area contributed by atoms with Crippen molar-refractivity contribution in [2.75, 3.05) is 0 Å². The average Bonchev–Trinajstić information content (AvgIpc) is 2.46. The maximum atomic E-state index is 12.3. The molecule has 22 heavy (non-hydrogen) atoms. The lowest BCUT2D eigenvalue weighted by Crippen LogP contribution is -2.43. The number of hydrogen-bond acceptors (Lipinski definition) is 4. The van der Waals surface area contributed by atoms with E-state index in [0.29, 0.717) is 5.65 Å². The molecular formula is C15H17N3O4. The van der Waals surface area contributed by atoms with Gasteiger partial charge in [0.15, 0.2) is 0 Å². The molecule has 116 valence electrons. The van der Waals surface area contributed by atoms with E-state index in [1.54, 1.807) is 18.2 Å². The third kappa shape index (κ3) is 3.30. The van der Waals surface area contributed by atoms with Crippen molar-refractivity contribution >= 4 is 17.5 Å². The highest BCUT2D eigenvalue weighted by atomic mass is 16.4. The van der Waals surface area contributed by atoms with Crippen LogP contribution in [0.15, 0.2) is 35.4 Å². The van der Waals surface area contributed by atoms with Crippen molar-refractivity contribution in [1.82, 2.24) is 14.7 Å². The fourth-order valence-electron chi connectivity index (χ4n) is 2.11. The highest BCUT2D eigenvalue weighted by Gasteiger charge is 2.23. The Kier molecular flexibility index (Phi) is 4.55. The smallest absolute Gasteiger partial charge is 0.326 e. The monoisotopic (exact) mass is 303 g/mol. The Morgan fingerprint density at radius 2 is 2.09 bits per heavy atom. The Labute approximate surface area is 126 Å². The third-order valence-corrected chi connectivity index (χ3v) is 3.17. The van der Waals surface area contributed by atoms with Gasteiger partial charge in [-0.05, 0) is 24.5 Å². The van der Waals surface area contributed by atoms with Crippen molar-refractivity contribution in [3.63, 3.8) is 0 Å². The van der Waals surface area contributed by atoms with Gasteiger partial charge in [-0.3, -0.25) is 14.0 Å². The molecule has 0 saturated heterocycles. The van der Waals surface area contributed by atoms with Crippen LogP contribution in [0.3, 0.4) is 0 Å². The molecule has 0 saturated carbocycles. The Morgan fingerprint density at radius 1 is 1.36 bits per heavy atom. The normalized spacial score (nSPS) is 12.3. The van der Waals surface area contributed by atoms with E-state index in [1.807, 2.05) is 13.8 Å². The van der Waals surface area contributed by atoms with E-state index >= 15 is 0 Å². The number of carbonyl (C=O) groups excluding carboxylic acids is 1. The van der Waals surface area contributed by atoms with E-state index in [0.717, 1.165) is 0 Å². The Hall–Kier alpha value is -2.70. The van der Waals surface area contributed by atoms with E-state index in [9.17, 15) is 14.4 Å². The summed E-state index contributed by atoms with van der Waals surface area (Å²) in [4.78, 5) is 39.7. The molecule has 2 rings (SSSR count). The summed E-state index contributed by atoms with van der Waals surface area (Å²) < 4.78 is 1.24. The van der Waals surface area contributed by atoms with Crippen LogP contribution in [-0.2, 0) is 4.79 Å². The van der Waals surface area contributed by atoms with Gasteiger partial charge in [-0.2, -0.15) is 0 Å². The van der Waals surface area contributed by atoms with Gasteiger partial charge < -0.3 is 10.4 Å². The van der Waals surface area contributed by atoms with Crippen LogP contribution >= 0.6 is 0 Å². The molecule has 0 aromatic carbocycles. The van der Waals surface area contributed by atoms with Gasteiger partial charge in [0.25, 0.3) is 11.5 Å². The first-order chi connectivity index (χ1) is 10.4. The first-order valence-electron chi connectivity index (χ1n) is 6.90. The summed E-state index contributed by atoms with van der Waals surface area (Å²) in [5, 5.41) is 11.5. The molecule has 0 aliphatic carbocycles. The highest BCUT2D eigenvalue weighted by molar-refractivity contribution is 5.96. The number of aliphatic carboxylic acids is 1. The van der Waals surface area contributed by atoms with Gasteiger partial charge in [-0.25, -0.2) is 9.78 Å². The Balaban J connectivity index is 2.31. The molecule has 0 aliphatic heterocycles. The predicted molar refractivity (Wildman–Crippen MR) is 79.8 cm³/mol. The average molecular weight is 303 g/mol. The predicted octanol–water partition coefficient (Wildman–Crippen LogP) is 0.924. The summed E-state index contributed by atoms with van der Waals surface area (Å²) in [7, 11) is 0. The second-order valence-corrected chi connectivity index (χ2v) is 5.40. The molecule has 0 fully saturated rings. The minimum absolute atomic E-state index is 0.0947. The van der Waals surface area contributed by atoms with Crippen LogP contribution in [0.4, 0.5) is 0 Å². The van der Waals surface area contributed by atoms with Crippen molar-refractivity contribution in [2.24, 2.45) is 5.92 Å². The molecule has 2 heterocycles. The lowest BCUT2D eigenvalue weighted by atomic mass is 10.0. The van der Waals surface area contributed by atoms with E-state index in [1.165, 1.54) is 16.8 Å². The summed E-state index contributed by atoms with van der Waals surface area (Å²) in [6.45, 7) is 3.71. The molecule has 1 atom stereocenters. The van der Waals surface area contributed by atoms with Gasteiger partial charge >= 0.3 is 5.97 Å². The number of amides is 1. The number of carboxylic acids is 1. The second kappa shape index (κ2) is 6.38. The van der Waals surface area contributed by atoms with Crippen molar-refractivity contribution in [3.05, 3.63) is 46.5 Å². The van der Waals surface area contributed by atoms with Gasteiger partial charge in [0, 0.05) is 12.4 Å². The number of aromatic nitrogens is 2. The van der Waals surface area contributed by atoms with Crippen LogP contribution in [0.1, 0.15) is 30.6 Å². The Morgan fingerprint density at radius 3 is 2.73 bits per heavy atom. The number of carbonyl (C=O) groups is 2. The van der Waals surface area contributed by atoms with Gasteiger partial charge in [0.2, 0.25) is 0 Å². The summed E-state index contributed by atoms with van der Waals surface area (Å²) in [6.07, 6.45) is 2.95. The molecule has 7 heteroatoms. The molecule has 0 spiro atoms. The number of carboxylic acid groups (broad SMARTS) is 1. The molecule has 2 aromatic heterocycles. The molecule has 0 aliphatic rings. The number of nitrogens with zero attached hydrogens (tertiary/aromatic N) is 2. The van der Waals surface area contributed by atoms with Crippen LogP contribution in [0.5, 0.6) is 0 Å². The Bertz CT molecular complexity index is 767. The fraction of sp³-hybridized carbons (Fsp3) is 0.333. The number of pyridine rings is 1. The van der Waals surface area contributed by atoms with Gasteiger partial charge in [-0.15, -0.1) is 0 Å². The molecule has 2 aromatic rings. The summed E-state index contributed by atoms with van der Waals surface area (Å²) in [5.41, 5.74) is -0.295. The van der Waals surface area contributed by atoms with Crippen molar-refractivity contribution in [3.8, 4) is 0 Å². The minimum atomic E-state index is -1.13. The number of fused-ring (bicyclic) bond motifs is 1. The number of hydrogen-bond donors (Lipinski definition) is 2. The van der Waals surface area contributed by atoms with Crippen LogP contribution in [0.25, 0.3) is 5.65 Å². The first kappa shape index (κ1) is 15.7. The van der Waals surface area contributed by atoms with Gasteiger partial charge in [0.05, 0.1) is 0 Å². The lowest BCUT2D eigenvalue weighted by molar-refractivity contribution is -0.139. The van der Waals surface area contributed by atoms with Crippen molar-refractivity contribution < 1.29 is 14.7 Å². The lowest BCUT2D eigenvalue weighted by Gasteiger charge is -2.16. The minimum Gasteiger partial charge on any atom is -0.480 e. The maximum absolute atomic E-state index is 12.3. The number of nitrogens with one attached hydrogen (secondary N) is 1. The maximum Gasteiger partial charge on any atom is 0.326 e. The SMILES string of the molecule is CC(C)C[C@H](NC(=O)c1cnc2ccccn2c1=O)C(=O)O. The fourth-order valence-corrected chi connectivity index (χ4v) is 2.11. The van der Waals surface area contributed by atoms with Crippen LogP contribution in [-0.4, -0.2) is 32.4 Å². The van der Waals surface area contributed by atoms with Crippen molar-refractivity contribution in [1.29, 1.82) is 0 Å². The summed E-state index contributed by atoms with van der Waals surface area (Å²) in [5.74, 6) is -1.77. The van der Waals surface area contributed by atoms with E-state index in [2.05, 4.69) is 10.3 Å². The zero-order valence-electron chi connectivity index (χ0n) is 12.3. The second-order valence-electron chi connectivity index (χ2n) is 5.40. The van der Waals surface area contributed by atoms with Gasteiger partial charge in [-0.1, -0.05) is 19.9 Å². The number of rotatable bonds is 5. The topological polar surface area (TPSA) is 101 Å².